The maximum atomic E-state index is 5.40. The van der Waals surface area contributed by atoms with Crippen LogP contribution in [0.3, 0.4) is 0 Å². The highest BCUT2D eigenvalue weighted by Crippen LogP contribution is 2.17. The third kappa shape index (κ3) is 3.60. The molecule has 1 aliphatic heterocycles. The molecule has 0 aromatic carbocycles. The van der Waals surface area contributed by atoms with Gasteiger partial charge in [-0.05, 0) is 33.0 Å². The van der Waals surface area contributed by atoms with Crippen molar-refractivity contribution < 1.29 is 0 Å². The van der Waals surface area contributed by atoms with Gasteiger partial charge >= 0.3 is 0 Å². The molecule has 1 aromatic heterocycles. The Hall–Kier alpha value is -0.760. The average molecular weight is 256 g/mol. The van der Waals surface area contributed by atoms with Crippen LogP contribution in [0.1, 0.15) is 18.5 Å². The molecule has 0 atom stereocenters. The minimum Gasteiger partial charge on any atom is -0.313 e. The lowest BCUT2D eigenvalue weighted by atomic mass is 10.4. The smallest absolute Gasteiger partial charge is 0.148 e. The van der Waals surface area contributed by atoms with Gasteiger partial charge in [-0.3, -0.25) is 4.90 Å². The van der Waals surface area contributed by atoms with E-state index in [1.807, 2.05) is 0 Å². The molecule has 1 aromatic rings. The van der Waals surface area contributed by atoms with Gasteiger partial charge in [0.1, 0.15) is 10.7 Å². The standard InChI is InChI=1S/C10H20N6S/c1-15(6-7-16-4-2-3-5-16)8-9-10(12-11)17-14-13-9/h12H,2-8,11H2,1H3. The zero-order chi connectivity index (χ0) is 12.1. The normalized spacial score (nSPS) is 16.9. The molecular weight excluding hydrogens is 236 g/mol. The lowest BCUT2D eigenvalue weighted by Crippen LogP contribution is -2.31. The van der Waals surface area contributed by atoms with Crippen LogP contribution >= 0.6 is 11.5 Å². The predicted molar refractivity (Wildman–Crippen MR) is 69.7 cm³/mol. The first-order valence-corrected chi connectivity index (χ1v) is 6.75. The molecule has 0 saturated carbocycles. The van der Waals surface area contributed by atoms with Crippen LogP contribution in [0.4, 0.5) is 5.00 Å². The van der Waals surface area contributed by atoms with Gasteiger partial charge in [-0.25, -0.2) is 5.84 Å². The van der Waals surface area contributed by atoms with Gasteiger partial charge in [-0.15, -0.1) is 5.10 Å². The number of likely N-dealkylation sites (tertiary alicyclic amines) is 1. The lowest BCUT2D eigenvalue weighted by molar-refractivity contribution is 0.251. The zero-order valence-corrected chi connectivity index (χ0v) is 11.0. The Bertz CT molecular complexity index is 335. The van der Waals surface area contributed by atoms with Crippen molar-refractivity contribution in [3.63, 3.8) is 0 Å². The van der Waals surface area contributed by atoms with Crippen LogP contribution in [-0.2, 0) is 6.54 Å². The number of aromatic nitrogens is 2. The number of hydrogen-bond acceptors (Lipinski definition) is 7. The van der Waals surface area contributed by atoms with E-state index in [2.05, 4.69) is 31.9 Å². The van der Waals surface area contributed by atoms with E-state index in [9.17, 15) is 0 Å². The van der Waals surface area contributed by atoms with Crippen molar-refractivity contribution in [2.24, 2.45) is 5.84 Å². The van der Waals surface area contributed by atoms with Crippen molar-refractivity contribution in [1.29, 1.82) is 0 Å². The Morgan fingerprint density at radius 2 is 2.24 bits per heavy atom. The molecule has 96 valence electrons. The minimum absolute atomic E-state index is 0.796. The molecule has 1 aliphatic rings. The maximum absolute atomic E-state index is 5.40. The van der Waals surface area contributed by atoms with Gasteiger partial charge in [0.25, 0.3) is 0 Å². The quantitative estimate of drug-likeness (QED) is 0.565. The Balaban J connectivity index is 1.74. The molecule has 0 amide bonds. The summed E-state index contributed by atoms with van der Waals surface area (Å²) in [4.78, 5) is 4.77. The second-order valence-electron chi connectivity index (χ2n) is 4.48. The highest BCUT2D eigenvalue weighted by molar-refractivity contribution is 7.10. The molecule has 1 saturated heterocycles. The second-order valence-corrected chi connectivity index (χ2v) is 5.23. The molecule has 7 heteroatoms. The number of likely N-dealkylation sites (N-methyl/N-ethyl adjacent to an activating group) is 1. The molecule has 0 unspecified atom stereocenters. The van der Waals surface area contributed by atoms with Crippen LogP contribution in [0.2, 0.25) is 0 Å². The average Bonchev–Trinajstić information content (AvgIpc) is 2.97. The molecule has 0 spiro atoms. The summed E-state index contributed by atoms with van der Waals surface area (Å²) < 4.78 is 3.90. The summed E-state index contributed by atoms with van der Waals surface area (Å²) in [5.74, 6) is 5.40. The summed E-state index contributed by atoms with van der Waals surface area (Å²) in [5.41, 5.74) is 3.57. The van der Waals surface area contributed by atoms with Crippen LogP contribution in [-0.4, -0.2) is 52.6 Å². The SMILES string of the molecule is CN(CCN1CCCC1)Cc1nnsc1NN. The van der Waals surface area contributed by atoms with E-state index >= 15 is 0 Å². The van der Waals surface area contributed by atoms with Crippen molar-refractivity contribution in [2.45, 2.75) is 19.4 Å². The number of rotatable bonds is 6. The number of nitrogens with one attached hydrogen (secondary N) is 1. The fourth-order valence-electron chi connectivity index (χ4n) is 2.07. The topological polar surface area (TPSA) is 70.3 Å². The van der Waals surface area contributed by atoms with E-state index in [1.54, 1.807) is 0 Å². The van der Waals surface area contributed by atoms with Crippen molar-refractivity contribution in [3.05, 3.63) is 5.69 Å². The summed E-state index contributed by atoms with van der Waals surface area (Å²) >= 11 is 1.30. The van der Waals surface area contributed by atoms with Gasteiger partial charge in [-0.1, -0.05) is 4.49 Å². The van der Waals surface area contributed by atoms with Gasteiger partial charge in [0.2, 0.25) is 0 Å². The van der Waals surface area contributed by atoms with Gasteiger partial charge < -0.3 is 10.3 Å². The summed E-state index contributed by atoms with van der Waals surface area (Å²) in [6, 6.07) is 0. The van der Waals surface area contributed by atoms with Crippen molar-refractivity contribution in [2.75, 3.05) is 38.7 Å². The van der Waals surface area contributed by atoms with E-state index in [0.717, 1.165) is 30.3 Å². The first kappa shape index (κ1) is 12.7. The van der Waals surface area contributed by atoms with E-state index in [0.29, 0.717) is 0 Å². The Kier molecular flexibility index (Phi) is 4.66. The third-order valence-corrected chi connectivity index (χ3v) is 3.80. The predicted octanol–water partition coefficient (Wildman–Crippen LogP) is 0.351. The van der Waals surface area contributed by atoms with E-state index < -0.39 is 0 Å². The maximum Gasteiger partial charge on any atom is 0.148 e. The molecule has 0 radical (unpaired) electrons. The third-order valence-electron chi connectivity index (χ3n) is 3.10. The fourth-order valence-corrected chi connectivity index (χ4v) is 2.56. The summed E-state index contributed by atoms with van der Waals surface area (Å²) in [6.45, 7) is 5.49. The Morgan fingerprint density at radius 3 is 2.94 bits per heavy atom. The van der Waals surface area contributed by atoms with Crippen molar-refractivity contribution in [3.8, 4) is 0 Å². The number of anilines is 1. The largest absolute Gasteiger partial charge is 0.313 e. The molecule has 6 nitrogen and oxygen atoms in total. The van der Waals surface area contributed by atoms with Crippen LogP contribution in [0.15, 0.2) is 0 Å². The van der Waals surface area contributed by atoms with Crippen LogP contribution in [0, 0.1) is 0 Å². The molecule has 17 heavy (non-hydrogen) atoms. The number of hydrogen-bond donors (Lipinski definition) is 2. The number of nitrogens with two attached hydrogens (primary N) is 1. The van der Waals surface area contributed by atoms with Crippen molar-refractivity contribution >= 4 is 16.5 Å². The van der Waals surface area contributed by atoms with Crippen molar-refractivity contribution in [1.82, 2.24) is 19.4 Å². The van der Waals surface area contributed by atoms with Gasteiger partial charge in [0.15, 0.2) is 0 Å². The minimum atomic E-state index is 0.796. The Morgan fingerprint density at radius 1 is 1.47 bits per heavy atom. The number of hydrazine groups is 1. The first-order chi connectivity index (χ1) is 8.29. The zero-order valence-electron chi connectivity index (χ0n) is 10.2. The van der Waals surface area contributed by atoms with Gasteiger partial charge in [-0.2, -0.15) is 0 Å². The highest BCUT2D eigenvalue weighted by atomic mass is 32.1. The second kappa shape index (κ2) is 6.25. The lowest BCUT2D eigenvalue weighted by Gasteiger charge is -2.20. The number of nitrogen functional groups attached to an aromatic ring is 1. The monoisotopic (exact) mass is 256 g/mol. The summed E-state index contributed by atoms with van der Waals surface area (Å²) in [6.07, 6.45) is 2.70. The van der Waals surface area contributed by atoms with E-state index in [-0.39, 0.29) is 0 Å². The first-order valence-electron chi connectivity index (χ1n) is 5.98. The molecule has 2 rings (SSSR count). The Labute approximate surface area is 106 Å². The van der Waals surface area contributed by atoms with Crippen LogP contribution in [0.5, 0.6) is 0 Å². The fraction of sp³-hybridized carbons (Fsp3) is 0.800. The molecule has 0 bridgehead atoms. The highest BCUT2D eigenvalue weighted by Gasteiger charge is 2.13. The summed E-state index contributed by atoms with van der Waals surface area (Å²) in [5, 5.41) is 4.94. The van der Waals surface area contributed by atoms with Gasteiger partial charge in [0.05, 0.1) is 0 Å². The van der Waals surface area contributed by atoms with E-state index in [4.69, 9.17) is 5.84 Å². The number of nitrogens with zero attached hydrogens (tertiary/aromatic N) is 4. The molecule has 0 aliphatic carbocycles. The van der Waals surface area contributed by atoms with Gasteiger partial charge in [0, 0.05) is 31.2 Å². The molecule has 1 fully saturated rings. The van der Waals surface area contributed by atoms with E-state index in [1.165, 1.54) is 37.5 Å². The van der Waals surface area contributed by atoms with Crippen LogP contribution < -0.4 is 11.3 Å². The molecule has 3 N–H and O–H groups in total. The summed E-state index contributed by atoms with van der Waals surface area (Å²) in [7, 11) is 2.11. The van der Waals surface area contributed by atoms with Crippen LogP contribution in [0.25, 0.3) is 0 Å². The molecular formula is C10H20N6S. The molecule has 2 heterocycles.